The van der Waals surface area contributed by atoms with Crippen molar-refractivity contribution in [1.82, 2.24) is 4.90 Å². The summed E-state index contributed by atoms with van der Waals surface area (Å²) in [7, 11) is 1.87. The van der Waals surface area contributed by atoms with Crippen LogP contribution in [0, 0.1) is 0 Å². The number of amides is 2. The maximum absolute atomic E-state index is 12.6. The number of hydrogen-bond acceptors (Lipinski definition) is 3. The largest absolute Gasteiger partial charge is 0.374 e. The molecule has 1 aliphatic carbocycles. The summed E-state index contributed by atoms with van der Waals surface area (Å²) in [5.41, 5.74) is 1.71. The fourth-order valence-electron chi connectivity index (χ4n) is 3.35. The zero-order chi connectivity index (χ0) is 15.5. The van der Waals surface area contributed by atoms with Crippen LogP contribution in [0.25, 0.3) is 0 Å². The van der Waals surface area contributed by atoms with Gasteiger partial charge in [0.2, 0.25) is 11.8 Å². The van der Waals surface area contributed by atoms with Crippen molar-refractivity contribution >= 4 is 23.2 Å². The minimum Gasteiger partial charge on any atom is -0.374 e. The molecule has 0 spiro atoms. The number of para-hydroxylation sites is 2. The van der Waals surface area contributed by atoms with Crippen molar-refractivity contribution in [3.05, 3.63) is 24.3 Å². The molecule has 0 aromatic heterocycles. The molecular formula is C17H23N3O2. The smallest absolute Gasteiger partial charge is 0.246 e. The summed E-state index contributed by atoms with van der Waals surface area (Å²) in [6.45, 7) is 0.377. The number of carbonyl (C=O) groups is 2. The molecule has 0 radical (unpaired) electrons. The Morgan fingerprint density at radius 3 is 2.77 bits per heavy atom. The van der Waals surface area contributed by atoms with E-state index < -0.39 is 0 Å². The van der Waals surface area contributed by atoms with Crippen LogP contribution in [0.2, 0.25) is 0 Å². The van der Waals surface area contributed by atoms with Crippen LogP contribution in [0.15, 0.2) is 24.3 Å². The second-order valence-electron chi connectivity index (χ2n) is 6.15. The Balaban J connectivity index is 1.71. The highest BCUT2D eigenvalue weighted by Gasteiger charge is 2.28. The molecule has 3 rings (SSSR count). The van der Waals surface area contributed by atoms with Crippen molar-refractivity contribution in [1.29, 1.82) is 0 Å². The average molecular weight is 301 g/mol. The van der Waals surface area contributed by atoms with Gasteiger partial charge in [-0.2, -0.15) is 0 Å². The van der Waals surface area contributed by atoms with Crippen LogP contribution < -0.4 is 10.2 Å². The third-order valence-electron chi connectivity index (χ3n) is 4.74. The number of fused-ring (bicyclic) bond motifs is 1. The molecule has 0 bridgehead atoms. The van der Waals surface area contributed by atoms with Gasteiger partial charge >= 0.3 is 0 Å². The Hall–Kier alpha value is -2.04. The first-order valence-electron chi connectivity index (χ1n) is 8.06. The number of nitrogens with zero attached hydrogens (tertiary/aromatic N) is 2. The van der Waals surface area contributed by atoms with Crippen LogP contribution in [0.4, 0.5) is 11.4 Å². The number of likely N-dealkylation sites (N-methyl/N-ethyl adjacent to an activating group) is 1. The van der Waals surface area contributed by atoms with E-state index in [1.165, 1.54) is 19.3 Å². The second kappa shape index (κ2) is 6.38. The molecule has 1 N–H and O–H groups in total. The predicted octanol–water partition coefficient (Wildman–Crippen LogP) is 2.24. The maximum Gasteiger partial charge on any atom is 0.246 e. The van der Waals surface area contributed by atoms with Crippen LogP contribution in [-0.4, -0.2) is 42.9 Å². The molecule has 0 atom stereocenters. The van der Waals surface area contributed by atoms with E-state index in [1.54, 1.807) is 4.90 Å². The third-order valence-corrected chi connectivity index (χ3v) is 4.74. The van der Waals surface area contributed by atoms with Gasteiger partial charge < -0.3 is 10.2 Å². The second-order valence-corrected chi connectivity index (χ2v) is 6.15. The first-order valence-corrected chi connectivity index (χ1v) is 8.06. The van der Waals surface area contributed by atoms with Crippen molar-refractivity contribution in [3.63, 3.8) is 0 Å². The van der Waals surface area contributed by atoms with Crippen molar-refractivity contribution in [2.75, 3.05) is 30.4 Å². The number of rotatable bonds is 3. The molecule has 1 heterocycles. The van der Waals surface area contributed by atoms with Crippen LogP contribution in [0.3, 0.4) is 0 Å². The minimum atomic E-state index is -0.0518. The van der Waals surface area contributed by atoms with E-state index >= 15 is 0 Å². The van der Waals surface area contributed by atoms with Crippen LogP contribution in [-0.2, 0) is 9.59 Å². The molecule has 1 aliphatic heterocycles. The molecule has 0 unspecified atom stereocenters. The molecule has 118 valence electrons. The zero-order valence-electron chi connectivity index (χ0n) is 13.0. The molecular weight excluding hydrogens is 278 g/mol. The lowest BCUT2D eigenvalue weighted by molar-refractivity contribution is -0.132. The highest BCUT2D eigenvalue weighted by atomic mass is 16.2. The monoisotopic (exact) mass is 301 g/mol. The fourth-order valence-corrected chi connectivity index (χ4v) is 3.35. The van der Waals surface area contributed by atoms with Crippen molar-refractivity contribution < 1.29 is 9.59 Å². The number of anilines is 2. The van der Waals surface area contributed by atoms with E-state index in [4.69, 9.17) is 0 Å². The highest BCUT2D eigenvalue weighted by molar-refractivity contribution is 6.05. The highest BCUT2D eigenvalue weighted by Crippen LogP contribution is 2.29. The lowest BCUT2D eigenvalue weighted by Crippen LogP contribution is -2.48. The first kappa shape index (κ1) is 14.9. The maximum atomic E-state index is 12.6. The van der Waals surface area contributed by atoms with Gasteiger partial charge in [0.1, 0.15) is 6.54 Å². The van der Waals surface area contributed by atoms with Gasteiger partial charge in [-0.25, -0.2) is 0 Å². The summed E-state index contributed by atoms with van der Waals surface area (Å²) in [6.07, 6.45) is 5.81. The number of carbonyl (C=O) groups excluding carboxylic acids is 2. The van der Waals surface area contributed by atoms with E-state index in [-0.39, 0.29) is 24.9 Å². The fraction of sp³-hybridized carbons (Fsp3) is 0.529. The van der Waals surface area contributed by atoms with Gasteiger partial charge in [0.05, 0.1) is 17.9 Å². The molecule has 22 heavy (non-hydrogen) atoms. The summed E-state index contributed by atoms with van der Waals surface area (Å²) < 4.78 is 0. The van der Waals surface area contributed by atoms with Gasteiger partial charge in [-0.05, 0) is 25.0 Å². The summed E-state index contributed by atoms with van der Waals surface area (Å²) in [4.78, 5) is 28.2. The Bertz CT molecular complexity index is 567. The molecule has 2 amide bonds. The summed E-state index contributed by atoms with van der Waals surface area (Å²) in [5.74, 6) is -0.0268. The van der Waals surface area contributed by atoms with Gasteiger partial charge in [0.25, 0.3) is 0 Å². The standard InChI is InChI=1S/C17H23N3O2/c1-19(13-7-3-2-4-8-13)17(22)12-20-15-10-6-5-9-14(15)18-11-16(20)21/h5-6,9-10,13,18H,2-4,7-8,11-12H2,1H3. The van der Waals surface area contributed by atoms with E-state index in [0.717, 1.165) is 24.2 Å². The zero-order valence-corrected chi connectivity index (χ0v) is 13.0. The Morgan fingerprint density at radius 2 is 2.00 bits per heavy atom. The quantitative estimate of drug-likeness (QED) is 0.931. The lowest BCUT2D eigenvalue weighted by atomic mass is 9.94. The molecule has 1 aromatic rings. The van der Waals surface area contributed by atoms with E-state index in [2.05, 4.69) is 5.32 Å². The van der Waals surface area contributed by atoms with Gasteiger partial charge in [-0.3, -0.25) is 14.5 Å². The molecule has 1 aromatic carbocycles. The van der Waals surface area contributed by atoms with E-state index in [0.29, 0.717) is 6.04 Å². The first-order chi connectivity index (χ1) is 10.7. The normalized spacial score (nSPS) is 18.6. The Labute approximate surface area is 131 Å². The third kappa shape index (κ3) is 2.93. The summed E-state index contributed by atoms with van der Waals surface area (Å²) >= 11 is 0. The lowest BCUT2D eigenvalue weighted by Gasteiger charge is -2.34. The molecule has 0 saturated heterocycles. The van der Waals surface area contributed by atoms with Gasteiger partial charge in [-0.15, -0.1) is 0 Å². The van der Waals surface area contributed by atoms with E-state index in [9.17, 15) is 9.59 Å². The molecule has 5 nitrogen and oxygen atoms in total. The molecule has 5 heteroatoms. The summed E-state index contributed by atoms with van der Waals surface area (Å²) in [6, 6.07) is 7.96. The van der Waals surface area contributed by atoms with Crippen molar-refractivity contribution in [2.24, 2.45) is 0 Å². The SMILES string of the molecule is CN(C(=O)CN1C(=O)CNc2ccccc21)C1CCCCC1. The van der Waals surface area contributed by atoms with Gasteiger partial charge in [-0.1, -0.05) is 31.4 Å². The number of nitrogens with one attached hydrogen (secondary N) is 1. The van der Waals surface area contributed by atoms with Crippen LogP contribution >= 0.6 is 0 Å². The van der Waals surface area contributed by atoms with Gasteiger partial charge in [0.15, 0.2) is 0 Å². The van der Waals surface area contributed by atoms with Crippen LogP contribution in [0.5, 0.6) is 0 Å². The number of hydrogen-bond donors (Lipinski definition) is 1. The summed E-state index contributed by atoms with van der Waals surface area (Å²) in [5, 5.41) is 3.09. The molecule has 2 aliphatic rings. The molecule has 1 fully saturated rings. The Morgan fingerprint density at radius 1 is 1.27 bits per heavy atom. The minimum absolute atomic E-state index is 0.0250. The van der Waals surface area contributed by atoms with Crippen molar-refractivity contribution in [3.8, 4) is 0 Å². The topological polar surface area (TPSA) is 52.7 Å². The predicted molar refractivity (Wildman–Crippen MR) is 86.9 cm³/mol. The average Bonchev–Trinajstić information content (AvgIpc) is 2.57. The Kier molecular flexibility index (Phi) is 4.32. The van der Waals surface area contributed by atoms with Crippen LogP contribution in [0.1, 0.15) is 32.1 Å². The molecule has 1 saturated carbocycles. The van der Waals surface area contributed by atoms with Gasteiger partial charge in [0, 0.05) is 13.1 Å². The number of benzene rings is 1. The van der Waals surface area contributed by atoms with E-state index in [1.807, 2.05) is 36.2 Å². The van der Waals surface area contributed by atoms with Crippen molar-refractivity contribution in [2.45, 2.75) is 38.1 Å².